The van der Waals surface area contributed by atoms with E-state index in [1.165, 1.54) is 0 Å². The van der Waals surface area contributed by atoms with E-state index in [9.17, 15) is 26.3 Å². The Morgan fingerprint density at radius 2 is 1.00 bits per heavy atom. The van der Waals surface area contributed by atoms with Crippen LogP contribution in [0.1, 0.15) is 0 Å². The van der Waals surface area contributed by atoms with Gasteiger partial charge in [0.15, 0.2) is 0 Å². The van der Waals surface area contributed by atoms with E-state index in [4.69, 9.17) is 10.2 Å². The molecule has 0 unspecified atom stereocenters. The molecule has 1 heterocycles. The second kappa shape index (κ2) is 2.51. The lowest BCUT2D eigenvalue weighted by Crippen LogP contribution is -2.70. The molecule has 0 aromatic carbocycles. The molecular formula is C4H2F6O4. The molecule has 4 nitrogen and oxygen atoms in total. The summed E-state index contributed by atoms with van der Waals surface area (Å²) in [4.78, 5) is 0. The highest BCUT2D eigenvalue weighted by Crippen LogP contribution is 2.50. The van der Waals surface area contributed by atoms with Crippen molar-refractivity contribution in [3.05, 3.63) is 0 Å². The van der Waals surface area contributed by atoms with E-state index in [0.29, 0.717) is 0 Å². The molecule has 0 radical (unpaired) electrons. The molecule has 2 N–H and O–H groups in total. The zero-order valence-electron chi connectivity index (χ0n) is 5.98. The average Bonchev–Trinajstić information content (AvgIpc) is 1.77. The standard InChI is InChI=1S/C4H2F6O4/c5-2(6)1(11,12)3(7,8)14-4(9,10)13-2/h11-12H. The summed E-state index contributed by atoms with van der Waals surface area (Å²) in [6.45, 7) is 0. The Morgan fingerprint density at radius 3 is 1.29 bits per heavy atom. The van der Waals surface area contributed by atoms with Gasteiger partial charge in [0.05, 0.1) is 0 Å². The van der Waals surface area contributed by atoms with Crippen molar-refractivity contribution >= 4 is 0 Å². The van der Waals surface area contributed by atoms with Crippen molar-refractivity contribution in [2.24, 2.45) is 0 Å². The smallest absolute Gasteiger partial charge is 0.352 e. The highest BCUT2D eigenvalue weighted by molar-refractivity contribution is 4.88. The molecule has 1 aliphatic heterocycles. The van der Waals surface area contributed by atoms with E-state index in [2.05, 4.69) is 9.47 Å². The van der Waals surface area contributed by atoms with Crippen LogP contribution in [0, 0.1) is 0 Å². The Morgan fingerprint density at radius 1 is 0.714 bits per heavy atom. The van der Waals surface area contributed by atoms with Gasteiger partial charge in [-0.3, -0.25) is 0 Å². The molecule has 0 aromatic rings. The molecule has 10 heteroatoms. The quantitative estimate of drug-likeness (QED) is 0.466. The van der Waals surface area contributed by atoms with E-state index in [1.807, 2.05) is 0 Å². The van der Waals surface area contributed by atoms with Crippen molar-refractivity contribution in [1.29, 1.82) is 0 Å². The molecule has 84 valence electrons. The predicted octanol–water partition coefficient (Wildman–Crippen LogP) is 0.450. The van der Waals surface area contributed by atoms with Crippen LogP contribution in [-0.4, -0.2) is 34.5 Å². The Hall–Kier alpha value is -0.580. The van der Waals surface area contributed by atoms with Crippen LogP contribution in [0.25, 0.3) is 0 Å². The van der Waals surface area contributed by atoms with Gasteiger partial charge in [0, 0.05) is 0 Å². The summed E-state index contributed by atoms with van der Waals surface area (Å²) in [6.07, 6.45) is -16.5. The Labute approximate surface area is 71.6 Å². The molecule has 0 amide bonds. The van der Waals surface area contributed by atoms with Crippen molar-refractivity contribution in [3.8, 4) is 0 Å². The fourth-order valence-electron chi connectivity index (χ4n) is 0.631. The van der Waals surface area contributed by atoms with Crippen molar-refractivity contribution in [1.82, 2.24) is 0 Å². The van der Waals surface area contributed by atoms with Crippen LogP contribution in [0.4, 0.5) is 26.3 Å². The van der Waals surface area contributed by atoms with Gasteiger partial charge in [-0.25, -0.2) is 9.47 Å². The summed E-state index contributed by atoms with van der Waals surface area (Å²) < 4.78 is 77.4. The molecule has 0 spiro atoms. The molecule has 1 saturated heterocycles. The van der Waals surface area contributed by atoms with E-state index >= 15 is 0 Å². The fourth-order valence-corrected chi connectivity index (χ4v) is 0.631. The van der Waals surface area contributed by atoms with Gasteiger partial charge in [-0.2, -0.15) is 17.6 Å². The first-order valence-corrected chi connectivity index (χ1v) is 2.90. The van der Waals surface area contributed by atoms with E-state index in [0.717, 1.165) is 0 Å². The van der Waals surface area contributed by atoms with Crippen molar-refractivity contribution < 1.29 is 46.0 Å². The molecule has 0 aliphatic carbocycles. The van der Waals surface area contributed by atoms with Gasteiger partial charge in [-0.1, -0.05) is 0 Å². The largest absolute Gasteiger partial charge is 0.495 e. The van der Waals surface area contributed by atoms with Crippen LogP contribution < -0.4 is 0 Å². The van der Waals surface area contributed by atoms with Gasteiger partial charge < -0.3 is 10.2 Å². The minimum atomic E-state index is -5.57. The highest BCUT2D eigenvalue weighted by Gasteiger charge is 2.79. The third kappa shape index (κ3) is 1.43. The fraction of sp³-hybridized carbons (Fsp3) is 1.00. The number of aliphatic hydroxyl groups is 2. The first-order chi connectivity index (χ1) is 5.91. The zero-order chi connectivity index (χ0) is 11.4. The molecule has 0 atom stereocenters. The first kappa shape index (κ1) is 11.5. The summed E-state index contributed by atoms with van der Waals surface area (Å²) in [7, 11) is 0. The molecule has 1 rings (SSSR count). The lowest BCUT2D eigenvalue weighted by Gasteiger charge is -2.41. The number of alkyl halides is 6. The summed E-state index contributed by atoms with van der Waals surface area (Å²) in [5.74, 6) is -5.16. The second-order valence-corrected chi connectivity index (χ2v) is 2.37. The van der Waals surface area contributed by atoms with Crippen LogP contribution >= 0.6 is 0 Å². The summed E-state index contributed by atoms with van der Waals surface area (Å²) in [5, 5.41) is 16.3. The number of halogens is 6. The lowest BCUT2D eigenvalue weighted by atomic mass is 10.2. The Balaban J connectivity index is 3.13. The maximum atomic E-state index is 12.2. The predicted molar refractivity (Wildman–Crippen MR) is 24.2 cm³/mol. The normalized spacial score (nSPS) is 32.6. The van der Waals surface area contributed by atoms with Gasteiger partial charge in [0.1, 0.15) is 0 Å². The molecule has 1 aliphatic rings. The minimum Gasteiger partial charge on any atom is -0.352 e. The number of rotatable bonds is 0. The van der Waals surface area contributed by atoms with Crippen molar-refractivity contribution in [3.63, 3.8) is 0 Å². The summed E-state index contributed by atoms with van der Waals surface area (Å²) in [5.41, 5.74) is 0. The summed E-state index contributed by atoms with van der Waals surface area (Å²) in [6, 6.07) is 0. The second-order valence-electron chi connectivity index (χ2n) is 2.37. The highest BCUT2D eigenvalue weighted by atomic mass is 19.3. The maximum absolute atomic E-state index is 12.2. The molecule has 0 saturated carbocycles. The minimum absolute atomic E-state index is 2.34. The van der Waals surface area contributed by atoms with Gasteiger partial charge in [0.25, 0.3) is 0 Å². The monoisotopic (exact) mass is 228 g/mol. The third-order valence-corrected chi connectivity index (χ3v) is 1.31. The Kier molecular flexibility index (Phi) is 2.06. The summed E-state index contributed by atoms with van der Waals surface area (Å²) >= 11 is 0. The van der Waals surface area contributed by atoms with Crippen LogP contribution in [0.2, 0.25) is 0 Å². The van der Waals surface area contributed by atoms with Gasteiger partial charge in [0.2, 0.25) is 0 Å². The molecule has 14 heavy (non-hydrogen) atoms. The van der Waals surface area contributed by atoms with E-state index in [-0.39, 0.29) is 0 Å². The van der Waals surface area contributed by atoms with Crippen molar-refractivity contribution in [2.75, 3.05) is 0 Å². The van der Waals surface area contributed by atoms with Crippen LogP contribution in [0.15, 0.2) is 0 Å². The first-order valence-electron chi connectivity index (χ1n) is 2.90. The third-order valence-electron chi connectivity index (χ3n) is 1.31. The lowest BCUT2D eigenvalue weighted by molar-refractivity contribution is -0.634. The topological polar surface area (TPSA) is 58.9 Å². The van der Waals surface area contributed by atoms with Crippen molar-refractivity contribution in [2.45, 2.75) is 24.3 Å². The number of hydrogen-bond donors (Lipinski definition) is 2. The number of ether oxygens (including phenoxy) is 2. The molecule has 0 aromatic heterocycles. The maximum Gasteiger partial charge on any atom is 0.495 e. The van der Waals surface area contributed by atoms with Gasteiger partial charge in [-0.05, 0) is 0 Å². The van der Waals surface area contributed by atoms with Crippen LogP contribution in [0.5, 0.6) is 0 Å². The van der Waals surface area contributed by atoms with E-state index in [1.54, 1.807) is 0 Å². The SMILES string of the molecule is OC1(O)C(F)(F)OC(F)(F)OC1(F)F. The Bertz CT molecular complexity index is 228. The average molecular weight is 228 g/mol. The van der Waals surface area contributed by atoms with Gasteiger partial charge >= 0.3 is 24.3 Å². The molecule has 1 fully saturated rings. The zero-order valence-corrected chi connectivity index (χ0v) is 5.98. The molecule has 0 bridgehead atoms. The number of hydrogen-bond acceptors (Lipinski definition) is 4. The molecular weight excluding hydrogens is 226 g/mol. The van der Waals surface area contributed by atoms with Gasteiger partial charge in [-0.15, -0.1) is 8.78 Å². The van der Waals surface area contributed by atoms with E-state index < -0.39 is 24.3 Å². The van der Waals surface area contributed by atoms with Crippen LogP contribution in [-0.2, 0) is 9.47 Å². The van der Waals surface area contributed by atoms with Crippen LogP contribution in [0.3, 0.4) is 0 Å².